The fraction of sp³-hybridized carbons (Fsp3) is 0.545. The van der Waals surface area contributed by atoms with Crippen molar-refractivity contribution < 1.29 is 0 Å². The molecule has 0 bridgehead atoms. The van der Waals surface area contributed by atoms with Gasteiger partial charge in [0, 0.05) is 37.1 Å². The van der Waals surface area contributed by atoms with Gasteiger partial charge in [0.1, 0.15) is 16.9 Å². The third-order valence-corrected chi connectivity index (χ3v) is 3.94. The number of fused-ring (bicyclic) bond motifs is 1. The number of aromatic nitrogens is 4. The van der Waals surface area contributed by atoms with Crippen LogP contribution < -0.4 is 0 Å². The van der Waals surface area contributed by atoms with E-state index in [9.17, 15) is 0 Å². The van der Waals surface area contributed by atoms with Crippen LogP contribution in [0.5, 0.6) is 0 Å². The maximum absolute atomic E-state index is 5.77. The number of rotatable bonds is 8. The second-order valence-corrected chi connectivity index (χ2v) is 5.69. The normalized spacial score (nSPS) is 11.5. The molecule has 104 valence electrons. The Labute approximate surface area is 126 Å². The Balaban J connectivity index is 1.89. The molecule has 0 fully saturated rings. The summed E-state index contributed by atoms with van der Waals surface area (Å²) in [5.41, 5.74) is 1.60. The molecule has 2 aromatic heterocycles. The number of thioether (sulfide) groups is 1. The summed E-state index contributed by atoms with van der Waals surface area (Å²) in [7, 11) is 0. The van der Waals surface area contributed by atoms with E-state index in [1.165, 1.54) is 0 Å². The van der Waals surface area contributed by atoms with E-state index in [1.807, 2.05) is 0 Å². The van der Waals surface area contributed by atoms with E-state index in [4.69, 9.17) is 23.2 Å². The lowest BCUT2D eigenvalue weighted by atomic mass is 10.5. The lowest BCUT2D eigenvalue weighted by Crippen LogP contribution is -2.30. The zero-order valence-electron chi connectivity index (χ0n) is 10.4. The van der Waals surface area contributed by atoms with Crippen LogP contribution in [-0.4, -0.2) is 62.0 Å². The molecule has 0 saturated carbocycles. The first kappa shape index (κ1) is 14.8. The lowest BCUT2D eigenvalue weighted by molar-refractivity contribution is 0.327. The summed E-state index contributed by atoms with van der Waals surface area (Å²) in [4.78, 5) is 17.8. The van der Waals surface area contributed by atoms with Crippen LogP contribution in [0.1, 0.15) is 0 Å². The molecule has 2 heterocycles. The Morgan fingerprint density at radius 2 is 1.89 bits per heavy atom. The largest absolute Gasteiger partial charge is 0.341 e. The highest BCUT2D eigenvalue weighted by molar-refractivity contribution is 7.99. The first-order valence-electron chi connectivity index (χ1n) is 5.96. The van der Waals surface area contributed by atoms with Crippen LogP contribution >= 0.6 is 35.0 Å². The van der Waals surface area contributed by atoms with Gasteiger partial charge in [-0.05, 0) is 0 Å². The van der Waals surface area contributed by atoms with Crippen molar-refractivity contribution in [3.8, 4) is 0 Å². The quantitative estimate of drug-likeness (QED) is 0.459. The molecule has 0 amide bonds. The fourth-order valence-electron chi connectivity index (χ4n) is 1.70. The molecule has 0 saturated heterocycles. The third kappa shape index (κ3) is 4.21. The zero-order chi connectivity index (χ0) is 13.5. The number of hydrogen-bond acceptors (Lipinski definition) is 5. The van der Waals surface area contributed by atoms with E-state index in [1.54, 1.807) is 24.4 Å². The van der Waals surface area contributed by atoms with Crippen molar-refractivity contribution in [3.63, 3.8) is 0 Å². The van der Waals surface area contributed by atoms with E-state index >= 15 is 0 Å². The lowest BCUT2D eigenvalue weighted by Gasteiger charge is -2.19. The van der Waals surface area contributed by atoms with E-state index in [2.05, 4.69) is 24.8 Å². The SMILES string of the molecule is ClCCN(CCCl)CCSc1ncnc2nc[nH]c12. The summed E-state index contributed by atoms with van der Waals surface area (Å²) in [6, 6.07) is 0. The van der Waals surface area contributed by atoms with Gasteiger partial charge in [0.15, 0.2) is 5.65 Å². The summed E-state index contributed by atoms with van der Waals surface area (Å²) in [6.07, 6.45) is 3.18. The number of nitrogens with zero attached hydrogens (tertiary/aromatic N) is 4. The van der Waals surface area contributed by atoms with Gasteiger partial charge in [-0.15, -0.1) is 35.0 Å². The molecule has 0 aliphatic carbocycles. The second kappa shape index (κ2) is 7.89. The molecular weight excluding hydrogens is 305 g/mol. The highest BCUT2D eigenvalue weighted by Gasteiger charge is 2.08. The van der Waals surface area contributed by atoms with Crippen molar-refractivity contribution in [2.24, 2.45) is 0 Å². The number of imidazole rings is 1. The number of H-pyrrole nitrogens is 1. The second-order valence-electron chi connectivity index (χ2n) is 3.85. The van der Waals surface area contributed by atoms with Gasteiger partial charge in [-0.25, -0.2) is 15.0 Å². The van der Waals surface area contributed by atoms with Crippen LogP contribution in [0.4, 0.5) is 0 Å². The van der Waals surface area contributed by atoms with Crippen LogP contribution in [-0.2, 0) is 0 Å². The van der Waals surface area contributed by atoms with Crippen LogP contribution in [0.2, 0.25) is 0 Å². The molecule has 2 aromatic rings. The maximum Gasteiger partial charge on any atom is 0.181 e. The van der Waals surface area contributed by atoms with Gasteiger partial charge in [-0.2, -0.15) is 0 Å². The van der Waals surface area contributed by atoms with Crippen LogP contribution in [0.25, 0.3) is 11.2 Å². The minimum Gasteiger partial charge on any atom is -0.341 e. The molecule has 8 heteroatoms. The molecule has 0 aliphatic rings. The Kier molecular flexibility index (Phi) is 6.16. The third-order valence-electron chi connectivity index (χ3n) is 2.64. The van der Waals surface area contributed by atoms with Gasteiger partial charge >= 0.3 is 0 Å². The minimum absolute atomic E-state index is 0.625. The smallest absolute Gasteiger partial charge is 0.181 e. The molecule has 0 unspecified atom stereocenters. The molecule has 19 heavy (non-hydrogen) atoms. The fourth-order valence-corrected chi connectivity index (χ4v) is 3.14. The van der Waals surface area contributed by atoms with E-state index in [0.717, 1.165) is 35.9 Å². The van der Waals surface area contributed by atoms with Gasteiger partial charge in [-0.1, -0.05) is 0 Å². The Morgan fingerprint density at radius 3 is 2.63 bits per heavy atom. The summed E-state index contributed by atoms with van der Waals surface area (Å²) in [5.74, 6) is 2.18. The van der Waals surface area contributed by atoms with Gasteiger partial charge in [-0.3, -0.25) is 0 Å². The van der Waals surface area contributed by atoms with Gasteiger partial charge < -0.3 is 9.88 Å². The summed E-state index contributed by atoms with van der Waals surface area (Å²) >= 11 is 13.2. The number of alkyl halides is 2. The molecule has 1 N–H and O–H groups in total. The molecular formula is C11H15Cl2N5S. The topological polar surface area (TPSA) is 57.7 Å². The summed E-state index contributed by atoms with van der Waals surface area (Å²) in [5, 5.41) is 0.930. The van der Waals surface area contributed by atoms with Crippen molar-refractivity contribution in [1.29, 1.82) is 0 Å². The van der Waals surface area contributed by atoms with E-state index in [0.29, 0.717) is 17.4 Å². The highest BCUT2D eigenvalue weighted by atomic mass is 35.5. The van der Waals surface area contributed by atoms with Gasteiger partial charge in [0.05, 0.1) is 6.33 Å². The highest BCUT2D eigenvalue weighted by Crippen LogP contribution is 2.21. The van der Waals surface area contributed by atoms with Crippen molar-refractivity contribution in [2.75, 3.05) is 37.1 Å². The molecule has 5 nitrogen and oxygen atoms in total. The van der Waals surface area contributed by atoms with E-state index in [-0.39, 0.29) is 0 Å². The molecule has 0 atom stereocenters. The van der Waals surface area contributed by atoms with Crippen molar-refractivity contribution in [1.82, 2.24) is 24.8 Å². The standard InChI is InChI=1S/C11H15Cl2N5S/c12-1-3-18(4-2-13)5-6-19-11-9-10(15-7-14-9)16-8-17-11/h7-8H,1-6H2,(H,14,15,16,17). The molecule has 2 rings (SSSR count). The first-order valence-corrected chi connectivity index (χ1v) is 8.01. The molecule has 0 spiro atoms. The number of halogens is 2. The molecule has 0 aliphatic heterocycles. The minimum atomic E-state index is 0.625. The average molecular weight is 320 g/mol. The Hall–Kier alpha value is -0.560. The zero-order valence-corrected chi connectivity index (χ0v) is 12.7. The van der Waals surface area contributed by atoms with Crippen molar-refractivity contribution in [2.45, 2.75) is 5.03 Å². The predicted octanol–water partition coefficient (Wildman–Crippen LogP) is 2.22. The number of nitrogens with one attached hydrogen (secondary N) is 1. The van der Waals surface area contributed by atoms with Crippen molar-refractivity contribution >= 4 is 46.1 Å². The Bertz CT molecular complexity index is 501. The van der Waals surface area contributed by atoms with Crippen molar-refractivity contribution in [3.05, 3.63) is 12.7 Å². The molecule has 0 radical (unpaired) electrons. The summed E-state index contributed by atoms with van der Waals surface area (Å²) < 4.78 is 0. The van der Waals surface area contributed by atoms with E-state index < -0.39 is 0 Å². The average Bonchev–Trinajstić information content (AvgIpc) is 2.88. The maximum atomic E-state index is 5.77. The van der Waals surface area contributed by atoms with Crippen LogP contribution in [0.15, 0.2) is 17.7 Å². The molecule has 0 aromatic carbocycles. The van der Waals surface area contributed by atoms with Crippen LogP contribution in [0, 0.1) is 0 Å². The Morgan fingerprint density at radius 1 is 1.11 bits per heavy atom. The monoisotopic (exact) mass is 319 g/mol. The predicted molar refractivity (Wildman–Crippen MR) is 80.3 cm³/mol. The van der Waals surface area contributed by atoms with Gasteiger partial charge in [0.25, 0.3) is 0 Å². The number of aromatic amines is 1. The first-order chi connectivity index (χ1) is 9.35. The van der Waals surface area contributed by atoms with Crippen LogP contribution in [0.3, 0.4) is 0 Å². The van der Waals surface area contributed by atoms with Gasteiger partial charge in [0.2, 0.25) is 0 Å². The summed E-state index contributed by atoms with van der Waals surface area (Å²) in [6.45, 7) is 2.65. The number of hydrogen-bond donors (Lipinski definition) is 1.